The summed E-state index contributed by atoms with van der Waals surface area (Å²) < 4.78 is 15.4. The highest BCUT2D eigenvalue weighted by atomic mass is 19.1. The van der Waals surface area contributed by atoms with Gasteiger partial charge in [0.05, 0.1) is 5.69 Å². The van der Waals surface area contributed by atoms with E-state index in [2.05, 4.69) is 22.2 Å². The number of halogens is 1. The van der Waals surface area contributed by atoms with Gasteiger partial charge in [0, 0.05) is 30.5 Å². The number of likely N-dealkylation sites (N-methyl/N-ethyl adjacent to an activating group) is 1. The third-order valence-electron chi connectivity index (χ3n) is 5.27. The molecular formula is C22H21FN6. The first-order valence-corrected chi connectivity index (χ1v) is 9.68. The predicted molar refractivity (Wildman–Crippen MR) is 112 cm³/mol. The van der Waals surface area contributed by atoms with E-state index in [0.717, 1.165) is 53.6 Å². The summed E-state index contributed by atoms with van der Waals surface area (Å²) >= 11 is 0. The second-order valence-electron chi connectivity index (χ2n) is 7.41. The Balaban J connectivity index is 1.63. The minimum Gasteiger partial charge on any atom is -0.366 e. The van der Waals surface area contributed by atoms with Crippen molar-refractivity contribution in [1.29, 1.82) is 0 Å². The van der Waals surface area contributed by atoms with Crippen LogP contribution in [0.25, 0.3) is 28.2 Å². The number of imidazole rings is 1. The molecule has 29 heavy (non-hydrogen) atoms. The van der Waals surface area contributed by atoms with Crippen molar-refractivity contribution in [2.75, 3.05) is 25.5 Å². The maximum absolute atomic E-state index is 13.4. The fourth-order valence-corrected chi connectivity index (χ4v) is 3.83. The molecule has 0 bridgehead atoms. The van der Waals surface area contributed by atoms with E-state index in [-0.39, 0.29) is 5.82 Å². The molecule has 0 unspecified atom stereocenters. The lowest BCUT2D eigenvalue weighted by molar-refractivity contribution is 0.414. The van der Waals surface area contributed by atoms with Crippen molar-refractivity contribution in [2.24, 2.45) is 0 Å². The Morgan fingerprint density at radius 1 is 1.00 bits per heavy atom. The highest BCUT2D eigenvalue weighted by molar-refractivity contribution is 5.81. The van der Waals surface area contributed by atoms with E-state index in [1.807, 2.05) is 28.8 Å². The van der Waals surface area contributed by atoms with Crippen LogP contribution in [0.1, 0.15) is 6.42 Å². The molecule has 0 radical (unpaired) electrons. The van der Waals surface area contributed by atoms with E-state index in [1.165, 1.54) is 12.1 Å². The lowest BCUT2D eigenvalue weighted by atomic mass is 10.2. The summed E-state index contributed by atoms with van der Waals surface area (Å²) in [5.74, 6) is 1.28. The zero-order valence-corrected chi connectivity index (χ0v) is 16.1. The Morgan fingerprint density at radius 2 is 1.79 bits per heavy atom. The second kappa shape index (κ2) is 7.25. The Morgan fingerprint density at radius 3 is 2.52 bits per heavy atom. The molecule has 1 N–H and O–H groups in total. The number of nitrogens with one attached hydrogen (secondary N) is 1. The lowest BCUT2D eigenvalue weighted by Gasteiger charge is -2.14. The van der Waals surface area contributed by atoms with Gasteiger partial charge in [-0.05, 0) is 68.5 Å². The number of likely N-dealkylation sites (tertiary alicyclic amines) is 1. The van der Waals surface area contributed by atoms with Crippen LogP contribution in [0.2, 0.25) is 0 Å². The van der Waals surface area contributed by atoms with Crippen LogP contribution < -0.4 is 5.32 Å². The highest BCUT2D eigenvalue weighted by Gasteiger charge is 2.21. The summed E-state index contributed by atoms with van der Waals surface area (Å²) in [6.07, 6.45) is 4.58. The van der Waals surface area contributed by atoms with Gasteiger partial charge >= 0.3 is 0 Å². The van der Waals surface area contributed by atoms with Crippen LogP contribution in [-0.2, 0) is 0 Å². The number of aromatic nitrogens is 4. The van der Waals surface area contributed by atoms with Gasteiger partial charge in [0.25, 0.3) is 0 Å². The molecule has 0 saturated carbocycles. The van der Waals surface area contributed by atoms with Gasteiger partial charge < -0.3 is 10.2 Å². The van der Waals surface area contributed by atoms with E-state index in [0.29, 0.717) is 6.04 Å². The number of pyridine rings is 2. The van der Waals surface area contributed by atoms with Crippen LogP contribution in [0.5, 0.6) is 0 Å². The molecule has 1 saturated heterocycles. The Kier molecular flexibility index (Phi) is 4.44. The fourth-order valence-electron chi connectivity index (χ4n) is 3.83. The normalized spacial score (nSPS) is 17.1. The van der Waals surface area contributed by atoms with Crippen LogP contribution in [0, 0.1) is 5.82 Å². The van der Waals surface area contributed by atoms with Crippen molar-refractivity contribution in [2.45, 2.75) is 12.5 Å². The average Bonchev–Trinajstić information content (AvgIpc) is 3.32. The molecule has 146 valence electrons. The van der Waals surface area contributed by atoms with Gasteiger partial charge in [0.2, 0.25) is 0 Å². The monoisotopic (exact) mass is 388 g/mol. The largest absolute Gasteiger partial charge is 0.366 e. The molecule has 1 aliphatic rings. The van der Waals surface area contributed by atoms with Gasteiger partial charge in [0.1, 0.15) is 23.0 Å². The molecule has 1 aromatic carbocycles. The number of fused-ring (bicyclic) bond motifs is 1. The summed E-state index contributed by atoms with van der Waals surface area (Å²) in [6, 6.07) is 14.5. The van der Waals surface area contributed by atoms with Crippen molar-refractivity contribution in [3.63, 3.8) is 0 Å². The van der Waals surface area contributed by atoms with Crippen molar-refractivity contribution < 1.29 is 4.39 Å². The minimum atomic E-state index is -0.272. The molecule has 0 aliphatic carbocycles. The van der Waals surface area contributed by atoms with Crippen LogP contribution in [-0.4, -0.2) is 50.6 Å². The van der Waals surface area contributed by atoms with Crippen molar-refractivity contribution in [3.05, 3.63) is 66.7 Å². The molecule has 1 fully saturated rings. The Bertz CT molecular complexity index is 1140. The van der Waals surface area contributed by atoms with Crippen LogP contribution in [0.15, 0.2) is 60.9 Å². The van der Waals surface area contributed by atoms with Gasteiger partial charge in [-0.15, -0.1) is 0 Å². The first kappa shape index (κ1) is 17.8. The van der Waals surface area contributed by atoms with Crippen molar-refractivity contribution in [1.82, 2.24) is 24.4 Å². The SMILES string of the molecule is CN1CC[C@@H](Nc2ccc3nc(-c4ccc(F)cc4)n(-c4ccncc4)c3n2)C1. The molecule has 4 heterocycles. The molecular weight excluding hydrogens is 367 g/mol. The van der Waals surface area contributed by atoms with E-state index in [4.69, 9.17) is 9.97 Å². The summed E-state index contributed by atoms with van der Waals surface area (Å²) in [6.45, 7) is 2.09. The van der Waals surface area contributed by atoms with E-state index < -0.39 is 0 Å². The molecule has 3 aromatic heterocycles. The standard InChI is InChI=1S/C22H21FN6/c1-28-13-10-17(14-28)25-20-7-6-19-22(27-20)29(18-8-11-24-12-9-18)21(26-19)15-2-4-16(23)5-3-15/h2-9,11-12,17H,10,13-14H2,1H3,(H,25,27)/t17-/m1/s1. The van der Waals surface area contributed by atoms with Gasteiger partial charge in [-0.25, -0.2) is 14.4 Å². The third kappa shape index (κ3) is 3.45. The summed E-state index contributed by atoms with van der Waals surface area (Å²) in [5, 5.41) is 3.54. The second-order valence-corrected chi connectivity index (χ2v) is 7.41. The maximum Gasteiger partial charge on any atom is 0.167 e. The molecule has 1 aliphatic heterocycles. The summed E-state index contributed by atoms with van der Waals surface area (Å²) in [4.78, 5) is 16.1. The number of anilines is 1. The number of hydrogen-bond donors (Lipinski definition) is 1. The fraction of sp³-hybridized carbons (Fsp3) is 0.227. The third-order valence-corrected chi connectivity index (χ3v) is 5.27. The smallest absolute Gasteiger partial charge is 0.167 e. The quantitative estimate of drug-likeness (QED) is 0.577. The average molecular weight is 388 g/mol. The zero-order valence-electron chi connectivity index (χ0n) is 16.1. The van der Waals surface area contributed by atoms with Crippen molar-refractivity contribution >= 4 is 17.0 Å². The number of benzene rings is 1. The Labute approximate surface area is 168 Å². The van der Waals surface area contributed by atoms with E-state index >= 15 is 0 Å². The van der Waals surface area contributed by atoms with Crippen LogP contribution in [0.4, 0.5) is 10.2 Å². The molecule has 5 rings (SSSR count). The van der Waals surface area contributed by atoms with Gasteiger partial charge in [0.15, 0.2) is 5.65 Å². The topological polar surface area (TPSA) is 58.9 Å². The molecule has 0 spiro atoms. The molecule has 1 atom stereocenters. The maximum atomic E-state index is 13.4. The Hall–Kier alpha value is -3.32. The lowest BCUT2D eigenvalue weighted by Crippen LogP contribution is -2.23. The number of hydrogen-bond acceptors (Lipinski definition) is 5. The van der Waals surface area contributed by atoms with Crippen LogP contribution >= 0.6 is 0 Å². The predicted octanol–water partition coefficient (Wildman–Crippen LogP) is 3.74. The highest BCUT2D eigenvalue weighted by Crippen LogP contribution is 2.29. The van der Waals surface area contributed by atoms with Crippen LogP contribution in [0.3, 0.4) is 0 Å². The number of rotatable bonds is 4. The van der Waals surface area contributed by atoms with Crippen molar-refractivity contribution in [3.8, 4) is 17.1 Å². The first-order chi connectivity index (χ1) is 14.2. The van der Waals surface area contributed by atoms with Gasteiger partial charge in [-0.1, -0.05) is 0 Å². The molecule has 4 aromatic rings. The zero-order chi connectivity index (χ0) is 19.8. The summed E-state index contributed by atoms with van der Waals surface area (Å²) in [5.41, 5.74) is 3.28. The molecule has 0 amide bonds. The van der Waals surface area contributed by atoms with E-state index in [1.54, 1.807) is 24.5 Å². The summed E-state index contributed by atoms with van der Waals surface area (Å²) in [7, 11) is 2.13. The number of nitrogens with zero attached hydrogens (tertiary/aromatic N) is 5. The minimum absolute atomic E-state index is 0.272. The molecule has 7 heteroatoms. The van der Waals surface area contributed by atoms with E-state index in [9.17, 15) is 4.39 Å². The van der Waals surface area contributed by atoms with Gasteiger partial charge in [-0.2, -0.15) is 0 Å². The molecule has 6 nitrogen and oxygen atoms in total. The van der Waals surface area contributed by atoms with Gasteiger partial charge in [-0.3, -0.25) is 9.55 Å². The first-order valence-electron chi connectivity index (χ1n) is 9.68.